The lowest BCUT2D eigenvalue weighted by Crippen LogP contribution is -2.48. The number of hydrazine groups is 1. The Bertz CT molecular complexity index is 1360. The lowest BCUT2D eigenvalue weighted by Gasteiger charge is -2.30. The highest BCUT2D eigenvalue weighted by Crippen LogP contribution is 2.25. The summed E-state index contributed by atoms with van der Waals surface area (Å²) in [6.45, 7) is 10.3. The van der Waals surface area contributed by atoms with Gasteiger partial charge in [-0.05, 0) is 69.5 Å². The summed E-state index contributed by atoms with van der Waals surface area (Å²) in [6, 6.07) is 9.65. The number of fused-ring (bicyclic) bond motifs is 1. The highest BCUT2D eigenvalue weighted by molar-refractivity contribution is 6.01. The van der Waals surface area contributed by atoms with Gasteiger partial charge in [-0.1, -0.05) is 23.4 Å². The Labute approximate surface area is 251 Å². The molecule has 3 rings (SSSR count). The van der Waals surface area contributed by atoms with Gasteiger partial charge in [-0.25, -0.2) is 14.2 Å². The molecule has 0 saturated heterocycles. The number of amides is 3. The Morgan fingerprint density at radius 2 is 1.74 bits per heavy atom. The minimum atomic E-state index is -0.677. The number of nitrogens with one attached hydrogen (secondary N) is 1. The molecule has 4 N–H and O–H groups in total. The molecule has 1 aliphatic rings. The van der Waals surface area contributed by atoms with E-state index in [4.69, 9.17) is 10.5 Å². The van der Waals surface area contributed by atoms with Gasteiger partial charge in [-0.2, -0.15) is 0 Å². The predicted molar refractivity (Wildman–Crippen MR) is 161 cm³/mol. The third-order valence-electron chi connectivity index (χ3n) is 7.04. The van der Waals surface area contributed by atoms with Crippen LogP contribution in [0.5, 0.6) is 0 Å². The maximum atomic E-state index is 13.6. The van der Waals surface area contributed by atoms with E-state index in [1.165, 1.54) is 26.9 Å². The average molecular weight is 600 g/mol. The van der Waals surface area contributed by atoms with Crippen LogP contribution in [0.25, 0.3) is 0 Å². The summed E-state index contributed by atoms with van der Waals surface area (Å²) in [7, 11) is 1.64. The molecule has 2 aromatic rings. The number of hydrogen-bond donors (Lipinski definition) is 3. The van der Waals surface area contributed by atoms with Gasteiger partial charge < -0.3 is 25.5 Å². The average Bonchev–Trinajstić information content (AvgIpc) is 3.37. The smallest absolute Gasteiger partial charge is 0.410 e. The van der Waals surface area contributed by atoms with Crippen molar-refractivity contribution in [2.45, 2.75) is 53.3 Å². The summed E-state index contributed by atoms with van der Waals surface area (Å²) in [5.74, 6) is -1.05. The number of halogens is 1. The first-order chi connectivity index (χ1) is 20.2. The van der Waals surface area contributed by atoms with E-state index in [2.05, 4.69) is 10.5 Å². The van der Waals surface area contributed by atoms with Crippen LogP contribution in [-0.2, 0) is 27.4 Å². The van der Waals surface area contributed by atoms with E-state index in [0.29, 0.717) is 30.9 Å². The molecule has 234 valence electrons. The van der Waals surface area contributed by atoms with Crippen LogP contribution in [0, 0.1) is 12.7 Å². The molecule has 0 aliphatic carbocycles. The van der Waals surface area contributed by atoms with Gasteiger partial charge in [0.15, 0.2) is 5.84 Å². The summed E-state index contributed by atoms with van der Waals surface area (Å²) in [6.07, 6.45) is -0.497. The number of carbonyl (C=O) groups excluding carboxylic acids is 3. The van der Waals surface area contributed by atoms with E-state index in [1.54, 1.807) is 57.1 Å². The monoisotopic (exact) mass is 599 g/mol. The van der Waals surface area contributed by atoms with Crippen LogP contribution < -0.4 is 16.0 Å². The number of ether oxygens (including phenoxy) is 1. The largest absolute Gasteiger partial charge is 0.444 e. The van der Waals surface area contributed by atoms with E-state index >= 15 is 0 Å². The fraction of sp³-hybridized carbons (Fsp3) is 0.467. The number of anilines is 1. The summed E-state index contributed by atoms with van der Waals surface area (Å²) in [5, 5.41) is 18.4. The molecule has 0 saturated carbocycles. The van der Waals surface area contributed by atoms with E-state index in [-0.39, 0.29) is 49.6 Å². The van der Waals surface area contributed by atoms with Crippen molar-refractivity contribution in [2.24, 2.45) is 10.9 Å². The first-order valence-electron chi connectivity index (χ1n) is 14.1. The lowest BCUT2D eigenvalue weighted by atomic mass is 10.1. The minimum Gasteiger partial charge on any atom is -0.444 e. The SMILES string of the molecule is CCN(CCN(C(=O)CNCC(=O)N(C)N1Cc2ccc(F)cc2C1)c1cc(C(N)=NO)ccc1C)C(=O)OC(C)(C)C. The van der Waals surface area contributed by atoms with E-state index in [1.807, 2.05) is 13.8 Å². The van der Waals surface area contributed by atoms with Crippen LogP contribution >= 0.6 is 0 Å². The number of nitrogens with zero attached hydrogens (tertiary/aromatic N) is 5. The van der Waals surface area contributed by atoms with E-state index in [9.17, 15) is 24.0 Å². The zero-order valence-electron chi connectivity index (χ0n) is 25.7. The van der Waals surface area contributed by atoms with Crippen molar-refractivity contribution in [1.82, 2.24) is 20.2 Å². The van der Waals surface area contributed by atoms with Crippen LogP contribution in [0.15, 0.2) is 41.6 Å². The van der Waals surface area contributed by atoms with Crippen molar-refractivity contribution in [2.75, 3.05) is 44.7 Å². The second-order valence-electron chi connectivity index (χ2n) is 11.3. The van der Waals surface area contributed by atoms with Crippen LogP contribution in [0.3, 0.4) is 0 Å². The van der Waals surface area contributed by atoms with Gasteiger partial charge >= 0.3 is 6.09 Å². The second kappa shape index (κ2) is 14.3. The summed E-state index contributed by atoms with van der Waals surface area (Å²) in [4.78, 5) is 42.2. The number of oxime groups is 1. The predicted octanol–water partition coefficient (Wildman–Crippen LogP) is 2.80. The normalized spacial score (nSPS) is 13.4. The highest BCUT2D eigenvalue weighted by atomic mass is 19.1. The molecule has 2 aromatic carbocycles. The fourth-order valence-corrected chi connectivity index (χ4v) is 4.62. The first kappa shape index (κ1) is 33.3. The maximum Gasteiger partial charge on any atom is 0.410 e. The molecule has 0 aromatic heterocycles. The number of carbonyl (C=O) groups is 3. The number of likely N-dealkylation sites (N-methyl/N-ethyl adjacent to an activating group) is 2. The molecule has 0 unspecified atom stereocenters. The summed E-state index contributed by atoms with van der Waals surface area (Å²) in [5.41, 5.74) is 8.60. The summed E-state index contributed by atoms with van der Waals surface area (Å²) < 4.78 is 19.1. The zero-order chi connectivity index (χ0) is 31.9. The number of benzene rings is 2. The van der Waals surface area contributed by atoms with Gasteiger partial charge in [0.2, 0.25) is 5.91 Å². The van der Waals surface area contributed by atoms with Crippen LogP contribution in [0.2, 0.25) is 0 Å². The number of hydrogen-bond acceptors (Lipinski definition) is 8. The molecule has 43 heavy (non-hydrogen) atoms. The van der Waals surface area contributed by atoms with Gasteiger partial charge in [0.05, 0.1) is 13.1 Å². The lowest BCUT2D eigenvalue weighted by molar-refractivity contribution is -0.145. The molecule has 1 heterocycles. The highest BCUT2D eigenvalue weighted by Gasteiger charge is 2.27. The third kappa shape index (κ3) is 8.88. The van der Waals surface area contributed by atoms with Gasteiger partial charge in [-0.15, -0.1) is 0 Å². The zero-order valence-corrected chi connectivity index (χ0v) is 25.7. The maximum absolute atomic E-state index is 13.6. The molecule has 3 amide bonds. The Kier molecular flexibility index (Phi) is 11.1. The van der Waals surface area contributed by atoms with E-state index in [0.717, 1.165) is 16.7 Å². The first-order valence-corrected chi connectivity index (χ1v) is 14.1. The molecular formula is C30H42FN7O5. The topological polar surface area (TPSA) is 144 Å². The third-order valence-corrected chi connectivity index (χ3v) is 7.04. The molecule has 0 spiro atoms. The van der Waals surface area contributed by atoms with Gasteiger partial charge in [-0.3, -0.25) is 19.9 Å². The van der Waals surface area contributed by atoms with Crippen LogP contribution in [0.1, 0.15) is 49.9 Å². The number of aryl methyl sites for hydroxylation is 1. The number of amidine groups is 1. The fourth-order valence-electron chi connectivity index (χ4n) is 4.62. The van der Waals surface area contributed by atoms with Crippen molar-refractivity contribution in [3.05, 3.63) is 64.5 Å². The molecule has 0 radical (unpaired) electrons. The van der Waals surface area contributed by atoms with Gasteiger partial charge in [0.1, 0.15) is 11.4 Å². The standard InChI is InChI=1S/C30H42FN7O5/c1-7-36(29(41)43-30(3,4)5)12-13-38(25-15-21(28(32)34-42)9-8-20(25)2)27(40)17-33-16-26(39)35(6)37-18-22-10-11-24(31)14-23(22)19-37/h8-11,14-15,33,42H,7,12-13,16-19H2,1-6H3,(H2,32,34). The second-order valence-corrected chi connectivity index (χ2v) is 11.3. The van der Waals surface area contributed by atoms with Crippen LogP contribution in [0.4, 0.5) is 14.9 Å². The molecular weight excluding hydrogens is 557 g/mol. The van der Waals surface area contributed by atoms with Crippen molar-refractivity contribution >= 4 is 29.4 Å². The molecule has 0 fully saturated rings. The van der Waals surface area contributed by atoms with Crippen molar-refractivity contribution in [3.8, 4) is 0 Å². The Balaban J connectivity index is 1.70. The minimum absolute atomic E-state index is 0.112. The van der Waals surface area contributed by atoms with Gasteiger partial charge in [0.25, 0.3) is 5.91 Å². The quantitative estimate of drug-likeness (QED) is 0.155. The Morgan fingerprint density at radius 1 is 1.07 bits per heavy atom. The van der Waals surface area contributed by atoms with Crippen molar-refractivity contribution < 1.29 is 28.7 Å². The summed E-state index contributed by atoms with van der Waals surface area (Å²) >= 11 is 0. The number of nitrogens with two attached hydrogens (primary N) is 1. The Hall–Kier alpha value is -4.23. The van der Waals surface area contributed by atoms with Gasteiger partial charge in [0, 0.05) is 51.0 Å². The molecule has 0 bridgehead atoms. The number of rotatable bonds is 11. The Morgan fingerprint density at radius 3 is 2.40 bits per heavy atom. The van der Waals surface area contributed by atoms with Crippen molar-refractivity contribution in [3.63, 3.8) is 0 Å². The van der Waals surface area contributed by atoms with E-state index < -0.39 is 11.7 Å². The molecule has 12 nitrogen and oxygen atoms in total. The van der Waals surface area contributed by atoms with Crippen molar-refractivity contribution in [1.29, 1.82) is 0 Å². The molecule has 1 aliphatic heterocycles. The molecule has 13 heteroatoms. The van der Waals surface area contributed by atoms with Crippen LogP contribution in [-0.4, -0.2) is 89.2 Å². The molecule has 0 atom stereocenters.